The van der Waals surface area contributed by atoms with Crippen LogP contribution in [-0.2, 0) is 13.1 Å². The fourth-order valence-electron chi connectivity index (χ4n) is 2.25. The molecular weight excluding hydrogens is 222 g/mol. The lowest BCUT2D eigenvalue weighted by Crippen LogP contribution is -2.52. The van der Waals surface area contributed by atoms with Crippen LogP contribution in [0.5, 0.6) is 0 Å². The van der Waals surface area contributed by atoms with Gasteiger partial charge in [0.1, 0.15) is 0 Å². The Morgan fingerprint density at radius 1 is 1.56 bits per heavy atom. The van der Waals surface area contributed by atoms with E-state index in [4.69, 9.17) is 11.6 Å². The fourth-order valence-corrected chi connectivity index (χ4v) is 2.62. The number of halogens is 1. The topological polar surface area (TPSA) is 29.9 Å². The van der Waals surface area contributed by atoms with Gasteiger partial charge >= 0.3 is 0 Å². The molecule has 2 rings (SSSR count). The number of alkyl halides is 1. The summed E-state index contributed by atoms with van der Waals surface area (Å²) >= 11 is 6.02. The van der Waals surface area contributed by atoms with Crippen LogP contribution in [0.2, 0.25) is 0 Å². The molecule has 0 amide bonds. The molecular formula is C12H20ClN3. The van der Waals surface area contributed by atoms with Gasteiger partial charge in [0.05, 0.1) is 11.4 Å². The average molecular weight is 242 g/mol. The minimum absolute atomic E-state index is 0.193. The normalized spacial score (nSPS) is 18.4. The first-order valence-electron chi connectivity index (χ1n) is 6.03. The smallest absolute Gasteiger partial charge is 0.0597 e. The molecule has 3 nitrogen and oxygen atoms in total. The first kappa shape index (κ1) is 11.9. The van der Waals surface area contributed by atoms with E-state index < -0.39 is 0 Å². The molecule has 1 aliphatic carbocycles. The minimum atomic E-state index is 0.193. The summed E-state index contributed by atoms with van der Waals surface area (Å²) in [6, 6.07) is 2.15. The van der Waals surface area contributed by atoms with Gasteiger partial charge in [0.25, 0.3) is 0 Å². The van der Waals surface area contributed by atoms with Crippen LogP contribution in [0.15, 0.2) is 6.07 Å². The SMILES string of the molecule is CCn1nc(C)cc1CNC1(CCl)CCC1. The lowest BCUT2D eigenvalue weighted by atomic mass is 9.78. The number of nitrogens with zero attached hydrogens (tertiary/aromatic N) is 2. The highest BCUT2D eigenvalue weighted by Gasteiger charge is 2.35. The molecule has 0 spiro atoms. The third-order valence-electron chi connectivity index (χ3n) is 3.50. The van der Waals surface area contributed by atoms with Gasteiger partial charge < -0.3 is 5.32 Å². The molecule has 0 aliphatic heterocycles. The third kappa shape index (κ3) is 2.25. The summed E-state index contributed by atoms with van der Waals surface area (Å²) in [6.45, 7) is 5.97. The highest BCUT2D eigenvalue weighted by Crippen LogP contribution is 2.33. The quantitative estimate of drug-likeness (QED) is 0.803. The Bertz CT molecular complexity index is 350. The lowest BCUT2D eigenvalue weighted by molar-refractivity contribution is 0.209. The van der Waals surface area contributed by atoms with E-state index >= 15 is 0 Å². The monoisotopic (exact) mass is 241 g/mol. The Kier molecular flexibility index (Phi) is 3.55. The maximum Gasteiger partial charge on any atom is 0.0597 e. The van der Waals surface area contributed by atoms with Crippen molar-refractivity contribution >= 4 is 11.6 Å². The molecule has 0 unspecified atom stereocenters. The standard InChI is InChI=1S/C12H20ClN3/c1-3-16-11(7-10(2)15-16)8-14-12(9-13)5-4-6-12/h7,14H,3-6,8-9H2,1-2H3. The summed E-state index contributed by atoms with van der Waals surface area (Å²) in [7, 11) is 0. The van der Waals surface area contributed by atoms with E-state index in [-0.39, 0.29) is 5.54 Å². The number of aryl methyl sites for hydroxylation is 2. The summed E-state index contributed by atoms with van der Waals surface area (Å²) in [5, 5.41) is 8.04. The van der Waals surface area contributed by atoms with Gasteiger partial charge in [-0.25, -0.2) is 0 Å². The van der Waals surface area contributed by atoms with Crippen LogP contribution in [0.3, 0.4) is 0 Å². The van der Waals surface area contributed by atoms with E-state index in [1.54, 1.807) is 0 Å². The molecule has 0 saturated heterocycles. The Hall–Kier alpha value is -0.540. The molecule has 90 valence electrons. The Balaban J connectivity index is 1.98. The molecule has 0 aromatic carbocycles. The maximum atomic E-state index is 6.02. The van der Waals surface area contributed by atoms with E-state index in [0.29, 0.717) is 5.88 Å². The number of rotatable bonds is 5. The Morgan fingerprint density at radius 3 is 2.81 bits per heavy atom. The first-order chi connectivity index (χ1) is 7.69. The number of hydrogen-bond donors (Lipinski definition) is 1. The van der Waals surface area contributed by atoms with E-state index in [2.05, 4.69) is 28.1 Å². The van der Waals surface area contributed by atoms with E-state index in [9.17, 15) is 0 Å². The molecule has 4 heteroatoms. The fraction of sp³-hybridized carbons (Fsp3) is 0.750. The number of aromatic nitrogens is 2. The second-order valence-corrected chi connectivity index (χ2v) is 4.98. The van der Waals surface area contributed by atoms with Crippen LogP contribution in [0.1, 0.15) is 37.6 Å². The molecule has 1 aromatic rings. The van der Waals surface area contributed by atoms with Crippen molar-refractivity contribution in [1.29, 1.82) is 0 Å². The molecule has 0 radical (unpaired) electrons. The molecule has 1 N–H and O–H groups in total. The van der Waals surface area contributed by atoms with Crippen LogP contribution in [0.4, 0.5) is 0 Å². The van der Waals surface area contributed by atoms with Gasteiger partial charge in [-0.1, -0.05) is 0 Å². The Morgan fingerprint density at radius 2 is 2.31 bits per heavy atom. The summed E-state index contributed by atoms with van der Waals surface area (Å²) in [4.78, 5) is 0. The van der Waals surface area contributed by atoms with Gasteiger partial charge in [-0.2, -0.15) is 5.10 Å². The molecule has 0 atom stereocenters. The predicted molar refractivity (Wildman–Crippen MR) is 66.8 cm³/mol. The summed E-state index contributed by atoms with van der Waals surface area (Å²) in [5.74, 6) is 0.715. The molecule has 1 saturated carbocycles. The number of nitrogens with one attached hydrogen (secondary N) is 1. The van der Waals surface area contributed by atoms with Gasteiger partial charge in [0.2, 0.25) is 0 Å². The zero-order chi connectivity index (χ0) is 11.6. The zero-order valence-electron chi connectivity index (χ0n) is 10.1. The predicted octanol–water partition coefficient (Wildman–Crippen LogP) is 2.46. The van der Waals surface area contributed by atoms with Crippen molar-refractivity contribution in [3.8, 4) is 0 Å². The largest absolute Gasteiger partial charge is 0.304 e. The van der Waals surface area contributed by atoms with E-state index in [1.165, 1.54) is 25.0 Å². The van der Waals surface area contributed by atoms with Gasteiger partial charge in [-0.15, -0.1) is 11.6 Å². The van der Waals surface area contributed by atoms with Crippen molar-refractivity contribution < 1.29 is 0 Å². The van der Waals surface area contributed by atoms with Crippen LogP contribution in [0.25, 0.3) is 0 Å². The van der Waals surface area contributed by atoms with E-state index in [0.717, 1.165) is 18.8 Å². The lowest BCUT2D eigenvalue weighted by Gasteiger charge is -2.41. The highest BCUT2D eigenvalue weighted by molar-refractivity contribution is 6.18. The molecule has 16 heavy (non-hydrogen) atoms. The van der Waals surface area contributed by atoms with Crippen molar-refractivity contribution in [1.82, 2.24) is 15.1 Å². The van der Waals surface area contributed by atoms with Crippen LogP contribution in [0, 0.1) is 6.92 Å². The molecule has 1 aliphatic rings. The van der Waals surface area contributed by atoms with Crippen molar-refractivity contribution in [3.63, 3.8) is 0 Å². The van der Waals surface area contributed by atoms with Crippen LogP contribution < -0.4 is 5.32 Å². The maximum absolute atomic E-state index is 6.02. The average Bonchev–Trinajstić information content (AvgIpc) is 2.58. The van der Waals surface area contributed by atoms with Crippen molar-refractivity contribution in [2.75, 3.05) is 5.88 Å². The van der Waals surface area contributed by atoms with Crippen molar-refractivity contribution in [2.45, 2.75) is 51.7 Å². The molecule has 1 aromatic heterocycles. The molecule has 1 heterocycles. The number of hydrogen-bond acceptors (Lipinski definition) is 2. The van der Waals surface area contributed by atoms with Gasteiger partial charge in [0, 0.05) is 24.5 Å². The third-order valence-corrected chi connectivity index (χ3v) is 4.01. The summed E-state index contributed by atoms with van der Waals surface area (Å²) in [6.07, 6.45) is 3.71. The molecule has 1 fully saturated rings. The Labute approximate surface area is 102 Å². The molecule has 0 bridgehead atoms. The van der Waals surface area contributed by atoms with Crippen molar-refractivity contribution in [3.05, 3.63) is 17.5 Å². The van der Waals surface area contributed by atoms with Crippen LogP contribution >= 0.6 is 11.6 Å². The van der Waals surface area contributed by atoms with Gasteiger partial charge in [0.15, 0.2) is 0 Å². The highest BCUT2D eigenvalue weighted by atomic mass is 35.5. The second-order valence-electron chi connectivity index (χ2n) is 4.71. The second kappa shape index (κ2) is 4.76. The summed E-state index contributed by atoms with van der Waals surface area (Å²) < 4.78 is 2.06. The summed E-state index contributed by atoms with van der Waals surface area (Å²) in [5.41, 5.74) is 2.54. The first-order valence-corrected chi connectivity index (χ1v) is 6.57. The minimum Gasteiger partial charge on any atom is -0.304 e. The van der Waals surface area contributed by atoms with Gasteiger partial charge in [-0.3, -0.25) is 4.68 Å². The van der Waals surface area contributed by atoms with Gasteiger partial charge in [-0.05, 0) is 39.2 Å². The van der Waals surface area contributed by atoms with Crippen LogP contribution in [-0.4, -0.2) is 21.2 Å². The van der Waals surface area contributed by atoms with Crippen molar-refractivity contribution in [2.24, 2.45) is 0 Å². The zero-order valence-corrected chi connectivity index (χ0v) is 10.8. The van der Waals surface area contributed by atoms with E-state index in [1.807, 2.05) is 6.92 Å².